The number of nitrogens with zero attached hydrogens (tertiary/aromatic N) is 3. The van der Waals surface area contributed by atoms with Crippen molar-refractivity contribution < 1.29 is 9.72 Å². The van der Waals surface area contributed by atoms with Crippen molar-refractivity contribution in [3.63, 3.8) is 0 Å². The van der Waals surface area contributed by atoms with Crippen molar-refractivity contribution in [3.05, 3.63) is 70.4 Å². The molecular weight excluding hydrogens is 382 g/mol. The van der Waals surface area contributed by atoms with Gasteiger partial charge in [-0.05, 0) is 38.0 Å². The van der Waals surface area contributed by atoms with Gasteiger partial charge in [0, 0.05) is 47.7 Å². The summed E-state index contributed by atoms with van der Waals surface area (Å²) in [4.78, 5) is 29.9. The summed E-state index contributed by atoms with van der Waals surface area (Å²) in [6.45, 7) is 3.34. The predicted octanol–water partition coefficient (Wildman–Crippen LogP) is 4.24. The topological polar surface area (TPSA) is 100 Å². The fourth-order valence-electron chi connectivity index (χ4n) is 3.89. The van der Waals surface area contributed by atoms with Crippen LogP contribution < -0.4 is 15.5 Å². The molecule has 30 heavy (non-hydrogen) atoms. The number of rotatable bonds is 4. The molecule has 0 bridgehead atoms. The van der Waals surface area contributed by atoms with E-state index in [1.165, 1.54) is 6.07 Å². The molecule has 3 aromatic rings. The summed E-state index contributed by atoms with van der Waals surface area (Å²) < 4.78 is 0. The molecule has 1 saturated heterocycles. The molecule has 8 heteroatoms. The van der Waals surface area contributed by atoms with Crippen molar-refractivity contribution in [2.75, 3.05) is 23.3 Å². The van der Waals surface area contributed by atoms with Gasteiger partial charge in [-0.25, -0.2) is 9.78 Å². The molecule has 1 aliphatic rings. The zero-order valence-corrected chi connectivity index (χ0v) is 16.7. The van der Waals surface area contributed by atoms with Gasteiger partial charge >= 0.3 is 6.03 Å². The minimum absolute atomic E-state index is 0.0200. The Kier molecular flexibility index (Phi) is 5.47. The summed E-state index contributed by atoms with van der Waals surface area (Å²) in [6, 6.07) is 16.2. The zero-order chi connectivity index (χ0) is 21.1. The van der Waals surface area contributed by atoms with Crippen LogP contribution in [0.2, 0.25) is 0 Å². The first-order valence-corrected chi connectivity index (χ1v) is 9.93. The molecule has 0 spiro atoms. The fraction of sp³-hybridized carbons (Fsp3) is 0.273. The van der Waals surface area contributed by atoms with E-state index in [4.69, 9.17) is 0 Å². The Labute approximate surface area is 174 Å². The third-order valence-electron chi connectivity index (χ3n) is 5.32. The lowest BCUT2D eigenvalue weighted by Crippen LogP contribution is -2.46. The van der Waals surface area contributed by atoms with Crippen LogP contribution in [0.1, 0.15) is 18.5 Å². The number of hydrogen-bond donors (Lipinski definition) is 2. The summed E-state index contributed by atoms with van der Waals surface area (Å²) in [7, 11) is 0. The number of carbonyl (C=O) groups is 1. The number of anilines is 2. The number of urea groups is 1. The predicted molar refractivity (Wildman–Crippen MR) is 117 cm³/mol. The van der Waals surface area contributed by atoms with Crippen molar-refractivity contribution in [3.8, 4) is 0 Å². The minimum atomic E-state index is -0.389. The van der Waals surface area contributed by atoms with Crippen molar-refractivity contribution in [2.45, 2.75) is 25.8 Å². The molecule has 0 atom stereocenters. The Hall–Kier alpha value is -3.68. The Bertz CT molecular complexity index is 1080. The molecule has 1 aromatic heterocycles. The second-order valence-corrected chi connectivity index (χ2v) is 7.44. The molecule has 1 fully saturated rings. The molecule has 0 unspecified atom stereocenters. The van der Waals surface area contributed by atoms with Crippen LogP contribution in [0, 0.1) is 17.0 Å². The number of para-hydroxylation sites is 2. The van der Waals surface area contributed by atoms with Gasteiger partial charge in [-0.3, -0.25) is 10.1 Å². The smallest absolute Gasteiger partial charge is 0.319 e. The van der Waals surface area contributed by atoms with Gasteiger partial charge in [0.25, 0.3) is 5.69 Å². The van der Waals surface area contributed by atoms with Crippen LogP contribution in [-0.2, 0) is 0 Å². The highest BCUT2D eigenvalue weighted by atomic mass is 16.6. The molecule has 0 saturated carbocycles. The van der Waals surface area contributed by atoms with E-state index in [0.717, 1.165) is 48.4 Å². The van der Waals surface area contributed by atoms with Gasteiger partial charge in [0.1, 0.15) is 0 Å². The van der Waals surface area contributed by atoms with E-state index in [2.05, 4.69) is 20.5 Å². The van der Waals surface area contributed by atoms with Crippen molar-refractivity contribution >= 4 is 34.0 Å². The second-order valence-electron chi connectivity index (χ2n) is 7.44. The summed E-state index contributed by atoms with van der Waals surface area (Å²) in [5.41, 5.74) is 2.89. The third kappa shape index (κ3) is 4.17. The van der Waals surface area contributed by atoms with E-state index >= 15 is 0 Å². The van der Waals surface area contributed by atoms with Crippen molar-refractivity contribution in [1.29, 1.82) is 0 Å². The maximum Gasteiger partial charge on any atom is 0.319 e. The van der Waals surface area contributed by atoms with E-state index in [1.807, 2.05) is 49.4 Å². The molecule has 8 nitrogen and oxygen atoms in total. The first-order chi connectivity index (χ1) is 14.5. The van der Waals surface area contributed by atoms with Gasteiger partial charge in [-0.15, -0.1) is 0 Å². The van der Waals surface area contributed by atoms with Gasteiger partial charge in [0.2, 0.25) is 0 Å². The number of nitro benzene ring substituents is 1. The van der Waals surface area contributed by atoms with Crippen LogP contribution in [0.5, 0.6) is 0 Å². The number of pyridine rings is 1. The maximum atomic E-state index is 12.2. The lowest BCUT2D eigenvalue weighted by molar-refractivity contribution is -0.383. The van der Waals surface area contributed by atoms with Crippen LogP contribution in [0.15, 0.2) is 54.6 Å². The molecule has 2 amide bonds. The summed E-state index contributed by atoms with van der Waals surface area (Å²) in [6.07, 6.45) is 1.58. The standard InChI is InChI=1S/C22H23N5O3/c1-15-14-20(18-8-5-9-19(27(29)30)21(18)23-15)26-12-10-17(11-13-26)25-22(28)24-16-6-3-2-4-7-16/h2-9,14,17H,10-13H2,1H3,(H2,24,25,28). The quantitative estimate of drug-likeness (QED) is 0.499. The van der Waals surface area contributed by atoms with Crippen molar-refractivity contribution in [2.24, 2.45) is 0 Å². The molecule has 2 aromatic carbocycles. The van der Waals surface area contributed by atoms with Crippen LogP contribution in [-0.4, -0.2) is 35.1 Å². The highest BCUT2D eigenvalue weighted by Crippen LogP contribution is 2.33. The fourth-order valence-corrected chi connectivity index (χ4v) is 3.89. The van der Waals surface area contributed by atoms with E-state index in [9.17, 15) is 14.9 Å². The minimum Gasteiger partial charge on any atom is -0.371 e. The number of aromatic nitrogens is 1. The maximum absolute atomic E-state index is 12.2. The van der Waals surface area contributed by atoms with Gasteiger partial charge in [-0.2, -0.15) is 0 Å². The Morgan fingerprint density at radius 3 is 2.57 bits per heavy atom. The van der Waals surface area contributed by atoms with E-state index in [-0.39, 0.29) is 22.7 Å². The van der Waals surface area contributed by atoms with E-state index in [0.29, 0.717) is 5.52 Å². The molecule has 1 aliphatic heterocycles. The van der Waals surface area contributed by atoms with Gasteiger partial charge < -0.3 is 15.5 Å². The normalized spacial score (nSPS) is 14.5. The van der Waals surface area contributed by atoms with Gasteiger partial charge in [0.15, 0.2) is 5.52 Å². The molecule has 2 heterocycles. The second kappa shape index (κ2) is 8.36. The highest BCUT2D eigenvalue weighted by Gasteiger charge is 2.24. The summed E-state index contributed by atoms with van der Waals surface area (Å²) >= 11 is 0. The highest BCUT2D eigenvalue weighted by molar-refractivity contribution is 5.97. The average molecular weight is 405 g/mol. The van der Waals surface area contributed by atoms with Crippen LogP contribution >= 0.6 is 0 Å². The third-order valence-corrected chi connectivity index (χ3v) is 5.32. The Morgan fingerprint density at radius 1 is 1.13 bits per heavy atom. The number of amides is 2. The molecule has 154 valence electrons. The molecular formula is C22H23N5O3. The number of non-ortho nitro benzene ring substituents is 1. The van der Waals surface area contributed by atoms with Crippen LogP contribution in [0.4, 0.5) is 21.9 Å². The van der Waals surface area contributed by atoms with E-state index in [1.54, 1.807) is 6.07 Å². The number of nitro groups is 1. The molecule has 4 rings (SSSR count). The van der Waals surface area contributed by atoms with Crippen LogP contribution in [0.3, 0.4) is 0 Å². The monoisotopic (exact) mass is 405 g/mol. The Morgan fingerprint density at radius 2 is 1.87 bits per heavy atom. The zero-order valence-electron chi connectivity index (χ0n) is 16.7. The lowest BCUT2D eigenvalue weighted by Gasteiger charge is -2.34. The number of benzene rings is 2. The first kappa shape index (κ1) is 19.6. The number of hydrogen-bond acceptors (Lipinski definition) is 5. The molecule has 0 aliphatic carbocycles. The molecule has 2 N–H and O–H groups in total. The van der Waals surface area contributed by atoms with Crippen LogP contribution in [0.25, 0.3) is 10.9 Å². The largest absolute Gasteiger partial charge is 0.371 e. The number of carbonyl (C=O) groups excluding carboxylic acids is 1. The SMILES string of the molecule is Cc1cc(N2CCC(NC(=O)Nc3ccccc3)CC2)c2cccc([N+](=O)[O-])c2n1. The number of nitrogens with one attached hydrogen (secondary N) is 2. The Balaban J connectivity index is 1.45. The molecule has 0 radical (unpaired) electrons. The number of aryl methyl sites for hydroxylation is 1. The van der Waals surface area contributed by atoms with Crippen molar-refractivity contribution in [1.82, 2.24) is 10.3 Å². The van der Waals surface area contributed by atoms with Gasteiger partial charge in [0.05, 0.1) is 4.92 Å². The summed E-state index contributed by atoms with van der Waals surface area (Å²) in [5.74, 6) is 0. The number of piperidine rings is 1. The van der Waals surface area contributed by atoms with E-state index < -0.39 is 0 Å². The first-order valence-electron chi connectivity index (χ1n) is 9.93. The lowest BCUT2D eigenvalue weighted by atomic mass is 10.0. The summed E-state index contributed by atoms with van der Waals surface area (Å²) in [5, 5.41) is 18.1. The average Bonchev–Trinajstić information content (AvgIpc) is 2.74. The number of fused-ring (bicyclic) bond motifs is 1. The van der Waals surface area contributed by atoms with Gasteiger partial charge in [-0.1, -0.05) is 30.3 Å².